The van der Waals surface area contributed by atoms with Crippen LogP contribution >= 0.6 is 11.3 Å². The van der Waals surface area contributed by atoms with Crippen LogP contribution in [0, 0.1) is 0 Å². The van der Waals surface area contributed by atoms with E-state index in [1.807, 2.05) is 0 Å². The first-order valence-electron chi connectivity index (χ1n) is 5.82. The van der Waals surface area contributed by atoms with E-state index in [0.29, 0.717) is 6.54 Å². The van der Waals surface area contributed by atoms with Crippen LogP contribution in [0.25, 0.3) is 0 Å². The first-order valence-corrected chi connectivity index (χ1v) is 6.69. The minimum absolute atomic E-state index is 0.0800. The molecule has 0 atom stereocenters. The third-order valence-electron chi connectivity index (χ3n) is 2.78. The molecule has 0 aliphatic heterocycles. The summed E-state index contributed by atoms with van der Waals surface area (Å²) in [5.74, 6) is -1.41. The largest absolute Gasteiger partial charge is 0.476 e. The van der Waals surface area contributed by atoms with Crippen LogP contribution in [0.2, 0.25) is 0 Å². The van der Waals surface area contributed by atoms with E-state index in [2.05, 4.69) is 16.4 Å². The molecule has 1 heterocycles. The Hall–Kier alpha value is -1.69. The van der Waals surface area contributed by atoms with Crippen LogP contribution in [-0.4, -0.2) is 28.5 Å². The summed E-state index contributed by atoms with van der Waals surface area (Å²) in [4.78, 5) is 26.1. The number of nitrogens with one attached hydrogen (secondary N) is 1. The highest BCUT2D eigenvalue weighted by molar-refractivity contribution is 7.11. The maximum Gasteiger partial charge on any atom is 0.355 e. The molecule has 1 aromatic heterocycles. The van der Waals surface area contributed by atoms with Crippen LogP contribution < -0.4 is 5.32 Å². The van der Waals surface area contributed by atoms with Gasteiger partial charge in [-0.15, -0.1) is 11.3 Å². The summed E-state index contributed by atoms with van der Waals surface area (Å²) in [6.45, 7) is 0.576. The van der Waals surface area contributed by atoms with Gasteiger partial charge in [0, 0.05) is 11.9 Å². The van der Waals surface area contributed by atoms with Crippen molar-refractivity contribution in [1.29, 1.82) is 0 Å². The monoisotopic (exact) mass is 266 g/mol. The van der Waals surface area contributed by atoms with Crippen molar-refractivity contribution in [2.24, 2.45) is 0 Å². The molecule has 0 saturated carbocycles. The lowest BCUT2D eigenvalue weighted by molar-refractivity contribution is 0.0691. The third kappa shape index (κ3) is 3.16. The van der Waals surface area contributed by atoms with E-state index >= 15 is 0 Å². The molecule has 2 rings (SSSR count). The van der Waals surface area contributed by atoms with Crippen LogP contribution in [-0.2, 0) is 0 Å². The second-order valence-electron chi connectivity index (χ2n) is 4.10. The van der Waals surface area contributed by atoms with Crippen molar-refractivity contribution >= 4 is 23.2 Å². The SMILES string of the molecule is O=C(O)c1csc(C(=O)NCCC2=CCCC2)n1. The number of hydrogen-bond acceptors (Lipinski definition) is 4. The van der Waals surface area contributed by atoms with Gasteiger partial charge in [0.25, 0.3) is 5.91 Å². The molecule has 1 aliphatic carbocycles. The van der Waals surface area contributed by atoms with E-state index in [1.54, 1.807) is 0 Å². The molecule has 2 N–H and O–H groups in total. The molecule has 0 radical (unpaired) electrons. The number of amides is 1. The first-order chi connectivity index (χ1) is 8.66. The summed E-state index contributed by atoms with van der Waals surface area (Å²) in [5, 5.41) is 13.0. The average Bonchev–Trinajstić information content (AvgIpc) is 2.99. The maximum atomic E-state index is 11.7. The van der Waals surface area contributed by atoms with Gasteiger partial charge in [0.1, 0.15) is 0 Å². The predicted molar refractivity (Wildman–Crippen MR) is 68.0 cm³/mol. The van der Waals surface area contributed by atoms with Gasteiger partial charge < -0.3 is 10.4 Å². The van der Waals surface area contributed by atoms with Crippen LogP contribution in [0.15, 0.2) is 17.0 Å². The summed E-state index contributed by atoms with van der Waals surface area (Å²) < 4.78 is 0. The van der Waals surface area contributed by atoms with Gasteiger partial charge in [-0.25, -0.2) is 9.78 Å². The topological polar surface area (TPSA) is 79.3 Å². The number of nitrogens with zero attached hydrogens (tertiary/aromatic N) is 1. The van der Waals surface area contributed by atoms with Crippen molar-refractivity contribution in [2.45, 2.75) is 25.7 Å². The number of allylic oxidation sites excluding steroid dienone is 1. The van der Waals surface area contributed by atoms with Crippen LogP contribution in [0.1, 0.15) is 46.0 Å². The predicted octanol–water partition coefficient (Wildman–Crippen LogP) is 2.07. The van der Waals surface area contributed by atoms with Gasteiger partial charge in [0.05, 0.1) is 0 Å². The summed E-state index contributed by atoms with van der Waals surface area (Å²) >= 11 is 1.05. The van der Waals surface area contributed by atoms with Gasteiger partial charge >= 0.3 is 5.97 Å². The Morgan fingerprint density at radius 2 is 2.33 bits per heavy atom. The summed E-state index contributed by atoms with van der Waals surface area (Å²) in [6, 6.07) is 0. The van der Waals surface area contributed by atoms with Crippen LogP contribution in [0.4, 0.5) is 0 Å². The summed E-state index contributed by atoms with van der Waals surface area (Å²) in [7, 11) is 0. The van der Waals surface area contributed by atoms with E-state index in [4.69, 9.17) is 5.11 Å². The Labute approximate surface area is 109 Å². The van der Waals surface area contributed by atoms with E-state index in [-0.39, 0.29) is 16.6 Å². The fraction of sp³-hybridized carbons (Fsp3) is 0.417. The number of carboxylic acid groups (broad SMARTS) is 1. The van der Waals surface area contributed by atoms with Crippen molar-refractivity contribution in [3.8, 4) is 0 Å². The summed E-state index contributed by atoms with van der Waals surface area (Å²) in [5.41, 5.74) is 1.31. The van der Waals surface area contributed by atoms with Gasteiger partial charge in [-0.05, 0) is 25.7 Å². The fourth-order valence-corrected chi connectivity index (χ4v) is 2.56. The molecular formula is C12H14N2O3S. The lowest BCUT2D eigenvalue weighted by atomic mass is 10.2. The molecule has 0 fully saturated rings. The van der Waals surface area contributed by atoms with Gasteiger partial charge in [-0.2, -0.15) is 0 Å². The van der Waals surface area contributed by atoms with E-state index in [0.717, 1.165) is 30.6 Å². The molecule has 0 spiro atoms. The fourth-order valence-electron chi connectivity index (χ4n) is 1.85. The Balaban J connectivity index is 1.81. The zero-order valence-electron chi connectivity index (χ0n) is 9.81. The number of carbonyl (C=O) groups excluding carboxylic acids is 1. The van der Waals surface area contributed by atoms with Crippen LogP contribution in [0.3, 0.4) is 0 Å². The average molecular weight is 266 g/mol. The number of hydrogen-bond donors (Lipinski definition) is 2. The molecule has 0 bridgehead atoms. The first kappa shape index (κ1) is 12.8. The van der Waals surface area contributed by atoms with Gasteiger partial charge in [0.2, 0.25) is 0 Å². The Morgan fingerprint density at radius 3 is 2.94 bits per heavy atom. The molecule has 0 saturated heterocycles. The lowest BCUT2D eigenvalue weighted by Gasteiger charge is -2.03. The molecule has 1 aliphatic rings. The van der Waals surface area contributed by atoms with Crippen molar-refractivity contribution < 1.29 is 14.7 Å². The van der Waals surface area contributed by atoms with Crippen molar-refractivity contribution in [2.75, 3.05) is 6.54 Å². The minimum atomic E-state index is -1.11. The van der Waals surface area contributed by atoms with Crippen LogP contribution in [0.5, 0.6) is 0 Å². The molecule has 6 heteroatoms. The highest BCUT2D eigenvalue weighted by Crippen LogP contribution is 2.19. The molecule has 18 heavy (non-hydrogen) atoms. The third-order valence-corrected chi connectivity index (χ3v) is 3.63. The van der Waals surface area contributed by atoms with Gasteiger partial charge in [0.15, 0.2) is 10.7 Å². The molecular weight excluding hydrogens is 252 g/mol. The zero-order chi connectivity index (χ0) is 13.0. The number of thiazole rings is 1. The number of aromatic nitrogens is 1. The van der Waals surface area contributed by atoms with E-state index in [1.165, 1.54) is 17.4 Å². The normalized spacial score (nSPS) is 14.3. The Kier molecular flexibility index (Phi) is 4.09. The molecule has 5 nitrogen and oxygen atoms in total. The van der Waals surface area contributed by atoms with Gasteiger partial charge in [-0.1, -0.05) is 11.6 Å². The number of aromatic carboxylic acids is 1. The highest BCUT2D eigenvalue weighted by atomic mass is 32.1. The van der Waals surface area contributed by atoms with Crippen molar-refractivity contribution in [3.63, 3.8) is 0 Å². The smallest absolute Gasteiger partial charge is 0.355 e. The standard InChI is InChI=1S/C12H14N2O3S/c15-10(11-14-9(7-18-11)12(16)17)13-6-5-8-3-1-2-4-8/h3,7H,1-2,4-6H2,(H,13,15)(H,16,17). The molecule has 0 unspecified atom stereocenters. The van der Waals surface area contributed by atoms with E-state index in [9.17, 15) is 9.59 Å². The quantitative estimate of drug-likeness (QED) is 0.800. The maximum absolute atomic E-state index is 11.7. The number of rotatable bonds is 5. The second-order valence-corrected chi connectivity index (χ2v) is 4.96. The van der Waals surface area contributed by atoms with Crippen molar-refractivity contribution in [3.05, 3.63) is 27.7 Å². The minimum Gasteiger partial charge on any atom is -0.476 e. The molecule has 0 aromatic carbocycles. The second kappa shape index (κ2) is 5.77. The Morgan fingerprint density at radius 1 is 1.50 bits per heavy atom. The summed E-state index contributed by atoms with van der Waals surface area (Å²) in [6.07, 6.45) is 6.55. The molecule has 1 aromatic rings. The Bertz CT molecular complexity index is 493. The number of carbonyl (C=O) groups is 2. The zero-order valence-corrected chi connectivity index (χ0v) is 10.6. The lowest BCUT2D eigenvalue weighted by Crippen LogP contribution is -2.24. The van der Waals surface area contributed by atoms with Gasteiger partial charge in [-0.3, -0.25) is 4.79 Å². The van der Waals surface area contributed by atoms with E-state index < -0.39 is 5.97 Å². The highest BCUT2D eigenvalue weighted by Gasteiger charge is 2.14. The molecule has 1 amide bonds. The number of carboxylic acids is 1. The van der Waals surface area contributed by atoms with Crippen molar-refractivity contribution in [1.82, 2.24) is 10.3 Å². The molecule has 96 valence electrons.